The third kappa shape index (κ3) is 1.93. The maximum absolute atomic E-state index is 10.1. The van der Waals surface area contributed by atoms with Gasteiger partial charge in [0.1, 0.15) is 6.07 Å². The number of carbonyl (C=O) groups is 1. The number of aliphatic carboxylic acids is 1. The van der Waals surface area contributed by atoms with Crippen molar-refractivity contribution in [2.24, 2.45) is 5.16 Å². The zero-order valence-corrected chi connectivity index (χ0v) is 5.65. The second-order valence-corrected chi connectivity index (χ2v) is 2.16. The Balaban J connectivity index is 2.41. The van der Waals surface area contributed by atoms with Gasteiger partial charge in [-0.05, 0) is 0 Å². The van der Waals surface area contributed by atoms with Gasteiger partial charge in [0.15, 0.2) is 0 Å². The number of hydrogen-bond donors (Lipinski definition) is 1. The molecule has 1 rings (SSSR count). The standard InChI is InChI=1S/C6H6N2O3/c7-3-5-1-4(8-11-5)2-6(9)10/h5H,1-2H2,(H,9,10). The molecule has 0 aromatic heterocycles. The topological polar surface area (TPSA) is 82.7 Å². The Morgan fingerprint density at radius 1 is 2.00 bits per heavy atom. The molecular weight excluding hydrogens is 148 g/mol. The van der Waals surface area contributed by atoms with E-state index < -0.39 is 12.1 Å². The summed E-state index contributed by atoms with van der Waals surface area (Å²) in [6.45, 7) is 0. The fourth-order valence-corrected chi connectivity index (χ4v) is 0.775. The minimum Gasteiger partial charge on any atom is -0.481 e. The van der Waals surface area contributed by atoms with Gasteiger partial charge in [0.25, 0.3) is 0 Å². The van der Waals surface area contributed by atoms with Gasteiger partial charge < -0.3 is 9.94 Å². The van der Waals surface area contributed by atoms with Crippen LogP contribution in [-0.4, -0.2) is 22.9 Å². The molecule has 0 fully saturated rings. The summed E-state index contributed by atoms with van der Waals surface area (Å²) in [5.41, 5.74) is 0.420. The number of carboxylic acids is 1. The van der Waals surface area contributed by atoms with Crippen molar-refractivity contribution in [3.05, 3.63) is 0 Å². The van der Waals surface area contributed by atoms with Gasteiger partial charge in [0.05, 0.1) is 12.1 Å². The first kappa shape index (κ1) is 7.54. The van der Waals surface area contributed by atoms with Crippen LogP contribution >= 0.6 is 0 Å². The van der Waals surface area contributed by atoms with Crippen LogP contribution in [0.2, 0.25) is 0 Å². The Hall–Kier alpha value is -1.57. The molecule has 1 aliphatic heterocycles. The highest BCUT2D eigenvalue weighted by Crippen LogP contribution is 2.11. The van der Waals surface area contributed by atoms with E-state index in [0.717, 1.165) is 0 Å². The highest BCUT2D eigenvalue weighted by Gasteiger charge is 2.21. The summed E-state index contributed by atoms with van der Waals surface area (Å²) in [5.74, 6) is -0.953. The molecule has 5 nitrogen and oxygen atoms in total. The van der Waals surface area contributed by atoms with Crippen molar-refractivity contribution in [1.29, 1.82) is 5.26 Å². The van der Waals surface area contributed by atoms with Crippen LogP contribution in [0, 0.1) is 11.3 Å². The van der Waals surface area contributed by atoms with E-state index in [1.807, 2.05) is 6.07 Å². The average Bonchev–Trinajstić information content (AvgIpc) is 2.34. The number of nitriles is 1. The first-order valence-electron chi connectivity index (χ1n) is 3.05. The molecule has 1 aliphatic rings. The van der Waals surface area contributed by atoms with Gasteiger partial charge in [-0.15, -0.1) is 0 Å². The zero-order chi connectivity index (χ0) is 8.27. The SMILES string of the molecule is N#CC1CC(CC(=O)O)=NO1. The molecule has 0 spiro atoms. The molecule has 1 N–H and O–H groups in total. The molecule has 1 atom stereocenters. The predicted octanol–water partition coefficient (Wildman–Crippen LogP) is 0.130. The second kappa shape index (κ2) is 3.01. The number of carboxylic acid groups (broad SMARTS) is 1. The van der Waals surface area contributed by atoms with Crippen LogP contribution in [0.25, 0.3) is 0 Å². The Bertz CT molecular complexity index is 241. The van der Waals surface area contributed by atoms with Gasteiger partial charge in [-0.3, -0.25) is 4.79 Å². The van der Waals surface area contributed by atoms with E-state index in [1.54, 1.807) is 0 Å². The molecule has 11 heavy (non-hydrogen) atoms. The van der Waals surface area contributed by atoms with Crippen LogP contribution in [0.1, 0.15) is 12.8 Å². The van der Waals surface area contributed by atoms with Gasteiger partial charge in [-0.1, -0.05) is 5.16 Å². The zero-order valence-electron chi connectivity index (χ0n) is 5.65. The summed E-state index contributed by atoms with van der Waals surface area (Å²) in [6.07, 6.45) is -0.426. The van der Waals surface area contributed by atoms with Crippen LogP contribution in [-0.2, 0) is 9.63 Å². The Labute approximate surface area is 62.9 Å². The molecule has 1 heterocycles. The van der Waals surface area contributed by atoms with E-state index >= 15 is 0 Å². The molecule has 0 bridgehead atoms. The monoisotopic (exact) mass is 154 g/mol. The Morgan fingerprint density at radius 3 is 3.18 bits per heavy atom. The van der Waals surface area contributed by atoms with E-state index in [4.69, 9.17) is 10.4 Å². The summed E-state index contributed by atoms with van der Waals surface area (Å²) in [6, 6.07) is 1.84. The van der Waals surface area contributed by atoms with E-state index in [0.29, 0.717) is 12.1 Å². The molecule has 58 valence electrons. The Morgan fingerprint density at radius 2 is 2.73 bits per heavy atom. The van der Waals surface area contributed by atoms with E-state index in [2.05, 4.69) is 9.99 Å². The fourth-order valence-electron chi connectivity index (χ4n) is 0.775. The first-order valence-corrected chi connectivity index (χ1v) is 3.05. The van der Waals surface area contributed by atoms with Crippen molar-refractivity contribution in [3.63, 3.8) is 0 Å². The van der Waals surface area contributed by atoms with Crippen molar-refractivity contribution in [2.45, 2.75) is 18.9 Å². The minimum absolute atomic E-state index is 0.141. The summed E-state index contributed by atoms with van der Waals surface area (Å²) in [5, 5.41) is 20.1. The number of oxime groups is 1. The van der Waals surface area contributed by atoms with Gasteiger partial charge in [-0.2, -0.15) is 5.26 Å². The normalized spacial score (nSPS) is 21.7. The molecule has 5 heteroatoms. The molecule has 0 radical (unpaired) electrons. The molecule has 0 aromatic carbocycles. The summed E-state index contributed by atoms with van der Waals surface area (Å²) in [7, 11) is 0. The van der Waals surface area contributed by atoms with Crippen LogP contribution in [0.15, 0.2) is 5.16 Å². The van der Waals surface area contributed by atoms with E-state index in [9.17, 15) is 4.79 Å². The first-order chi connectivity index (χ1) is 5.22. The minimum atomic E-state index is -0.953. The molecule has 0 aromatic rings. The smallest absolute Gasteiger partial charge is 0.309 e. The van der Waals surface area contributed by atoms with Crippen LogP contribution in [0.5, 0.6) is 0 Å². The molecule has 0 saturated carbocycles. The maximum atomic E-state index is 10.1. The van der Waals surface area contributed by atoms with E-state index in [-0.39, 0.29) is 6.42 Å². The number of rotatable bonds is 2. The van der Waals surface area contributed by atoms with Crippen LogP contribution in [0.4, 0.5) is 0 Å². The van der Waals surface area contributed by atoms with Crippen LogP contribution < -0.4 is 0 Å². The van der Waals surface area contributed by atoms with Crippen molar-refractivity contribution in [3.8, 4) is 6.07 Å². The molecule has 0 aliphatic carbocycles. The largest absolute Gasteiger partial charge is 0.481 e. The van der Waals surface area contributed by atoms with Gasteiger partial charge in [-0.25, -0.2) is 0 Å². The van der Waals surface area contributed by atoms with Crippen molar-refractivity contribution in [1.82, 2.24) is 0 Å². The summed E-state index contributed by atoms with van der Waals surface area (Å²) >= 11 is 0. The lowest BCUT2D eigenvalue weighted by Crippen LogP contribution is -2.08. The van der Waals surface area contributed by atoms with Crippen molar-refractivity contribution < 1.29 is 14.7 Å². The average molecular weight is 154 g/mol. The predicted molar refractivity (Wildman–Crippen MR) is 34.8 cm³/mol. The highest BCUT2D eigenvalue weighted by atomic mass is 16.6. The van der Waals surface area contributed by atoms with E-state index in [1.165, 1.54) is 0 Å². The summed E-state index contributed by atoms with van der Waals surface area (Å²) < 4.78 is 0. The lowest BCUT2D eigenvalue weighted by molar-refractivity contribution is -0.135. The van der Waals surface area contributed by atoms with Crippen LogP contribution in [0.3, 0.4) is 0 Å². The lowest BCUT2D eigenvalue weighted by atomic mass is 10.1. The third-order valence-electron chi connectivity index (χ3n) is 1.23. The molecule has 0 saturated heterocycles. The lowest BCUT2D eigenvalue weighted by Gasteiger charge is -1.91. The van der Waals surface area contributed by atoms with Crippen molar-refractivity contribution >= 4 is 11.7 Å². The van der Waals surface area contributed by atoms with Gasteiger partial charge in [0.2, 0.25) is 6.10 Å². The molecule has 1 unspecified atom stereocenters. The molecule has 0 amide bonds. The van der Waals surface area contributed by atoms with Crippen molar-refractivity contribution in [2.75, 3.05) is 0 Å². The number of hydrogen-bond acceptors (Lipinski definition) is 4. The quantitative estimate of drug-likeness (QED) is 0.612. The second-order valence-electron chi connectivity index (χ2n) is 2.16. The maximum Gasteiger partial charge on any atom is 0.309 e. The Kier molecular flexibility index (Phi) is 2.06. The third-order valence-corrected chi connectivity index (χ3v) is 1.23. The van der Waals surface area contributed by atoms with Gasteiger partial charge >= 0.3 is 5.97 Å². The summed E-state index contributed by atoms with van der Waals surface area (Å²) in [4.78, 5) is 14.7. The molecular formula is C6H6N2O3. The van der Waals surface area contributed by atoms with Gasteiger partial charge in [0, 0.05) is 6.42 Å². The fraction of sp³-hybridized carbons (Fsp3) is 0.500. The number of nitrogens with zero attached hydrogens (tertiary/aromatic N) is 2. The highest BCUT2D eigenvalue weighted by molar-refractivity contribution is 5.98.